The number of hydrogen-bond donors (Lipinski definition) is 1. The third-order valence-electron chi connectivity index (χ3n) is 2.84. The van der Waals surface area contributed by atoms with E-state index >= 15 is 0 Å². The van der Waals surface area contributed by atoms with Crippen LogP contribution in [0.4, 0.5) is 0 Å². The van der Waals surface area contributed by atoms with Crippen LogP contribution >= 0.6 is 23.4 Å². The molecular weight excluding hydrogens is 314 g/mol. The second-order valence-corrected chi connectivity index (χ2v) is 5.98. The number of cyclic esters (lactones) is 1. The lowest BCUT2D eigenvalue weighted by Crippen LogP contribution is -2.09. The Kier molecular flexibility index (Phi) is 4.31. The van der Waals surface area contributed by atoms with Gasteiger partial charge in [0.2, 0.25) is 5.16 Å². The van der Waals surface area contributed by atoms with Gasteiger partial charge in [-0.1, -0.05) is 23.4 Å². The van der Waals surface area contributed by atoms with Gasteiger partial charge >= 0.3 is 5.97 Å². The van der Waals surface area contributed by atoms with Crippen LogP contribution in [-0.4, -0.2) is 33.0 Å². The van der Waals surface area contributed by atoms with Crippen LogP contribution in [-0.2, 0) is 16.1 Å². The van der Waals surface area contributed by atoms with Gasteiger partial charge in [-0.15, -0.1) is 5.10 Å². The molecule has 6 nitrogen and oxygen atoms in total. The zero-order valence-electron chi connectivity index (χ0n) is 10.9. The fourth-order valence-electron chi connectivity index (χ4n) is 1.79. The van der Waals surface area contributed by atoms with E-state index in [-0.39, 0.29) is 17.8 Å². The molecule has 21 heavy (non-hydrogen) atoms. The number of thioether (sulfide) groups is 1. The van der Waals surface area contributed by atoms with Crippen LogP contribution < -0.4 is 4.74 Å². The minimum Gasteiger partial charge on any atom is -0.486 e. The fourth-order valence-corrected chi connectivity index (χ4v) is 2.81. The summed E-state index contributed by atoms with van der Waals surface area (Å²) in [5.41, 5.74) is 0. The molecule has 110 valence electrons. The fraction of sp³-hybridized carbons (Fsp3) is 0.308. The van der Waals surface area contributed by atoms with Crippen molar-refractivity contribution in [2.45, 2.75) is 23.4 Å². The summed E-state index contributed by atoms with van der Waals surface area (Å²) in [6, 6.07) is 7.07. The molecule has 1 fully saturated rings. The van der Waals surface area contributed by atoms with E-state index < -0.39 is 0 Å². The van der Waals surface area contributed by atoms with Gasteiger partial charge in [-0.25, -0.2) is 4.98 Å². The molecule has 0 spiro atoms. The summed E-state index contributed by atoms with van der Waals surface area (Å²) in [5, 5.41) is 7.81. The maximum atomic E-state index is 11.4. The van der Waals surface area contributed by atoms with Gasteiger partial charge in [-0.05, 0) is 24.3 Å². The van der Waals surface area contributed by atoms with Gasteiger partial charge in [0.1, 0.15) is 17.6 Å². The number of aromatic nitrogens is 3. The standard InChI is InChI=1S/C13H12ClN3O3S/c14-8-1-3-9(4-2-8)20-7-11-15-13(17-16-11)21-10-5-6-19-12(10)18/h1-4,10H,5-7H2,(H,15,16,17). The lowest BCUT2D eigenvalue weighted by molar-refractivity contribution is -0.137. The first-order valence-electron chi connectivity index (χ1n) is 6.33. The zero-order chi connectivity index (χ0) is 14.7. The molecule has 1 aromatic heterocycles. The lowest BCUT2D eigenvalue weighted by Gasteiger charge is -2.03. The molecule has 0 amide bonds. The van der Waals surface area contributed by atoms with Crippen LogP contribution in [0.1, 0.15) is 12.2 Å². The highest BCUT2D eigenvalue weighted by molar-refractivity contribution is 8.00. The van der Waals surface area contributed by atoms with E-state index in [1.165, 1.54) is 11.8 Å². The van der Waals surface area contributed by atoms with Crippen molar-refractivity contribution < 1.29 is 14.3 Å². The Hall–Kier alpha value is -1.73. The number of aromatic amines is 1. The van der Waals surface area contributed by atoms with Crippen molar-refractivity contribution in [3.05, 3.63) is 35.1 Å². The van der Waals surface area contributed by atoms with Gasteiger partial charge in [0.15, 0.2) is 5.82 Å². The molecule has 2 heterocycles. The van der Waals surface area contributed by atoms with E-state index in [0.29, 0.717) is 34.8 Å². The molecule has 1 atom stereocenters. The summed E-state index contributed by atoms with van der Waals surface area (Å²) < 4.78 is 10.5. The summed E-state index contributed by atoms with van der Waals surface area (Å²) in [7, 11) is 0. The first-order chi connectivity index (χ1) is 10.2. The van der Waals surface area contributed by atoms with Crippen molar-refractivity contribution in [3.63, 3.8) is 0 Å². The normalized spacial score (nSPS) is 17.8. The average molecular weight is 326 g/mol. The van der Waals surface area contributed by atoms with E-state index in [1.54, 1.807) is 24.3 Å². The number of carbonyl (C=O) groups is 1. The number of halogens is 1. The van der Waals surface area contributed by atoms with E-state index in [0.717, 1.165) is 0 Å². The number of hydrogen-bond acceptors (Lipinski definition) is 6. The maximum absolute atomic E-state index is 11.4. The van der Waals surface area contributed by atoms with Crippen molar-refractivity contribution >= 4 is 29.3 Å². The lowest BCUT2D eigenvalue weighted by atomic mass is 10.3. The van der Waals surface area contributed by atoms with Crippen LogP contribution in [0.5, 0.6) is 5.75 Å². The first kappa shape index (κ1) is 14.2. The molecule has 0 radical (unpaired) electrons. The second kappa shape index (κ2) is 6.36. The molecule has 3 rings (SSSR count). The van der Waals surface area contributed by atoms with Crippen LogP contribution in [0.25, 0.3) is 0 Å². The zero-order valence-corrected chi connectivity index (χ0v) is 12.5. The van der Waals surface area contributed by atoms with E-state index in [2.05, 4.69) is 15.2 Å². The molecule has 1 unspecified atom stereocenters. The average Bonchev–Trinajstić information content (AvgIpc) is 3.09. The molecule has 2 aromatic rings. The number of benzene rings is 1. The Morgan fingerprint density at radius 2 is 2.24 bits per heavy atom. The van der Waals surface area contributed by atoms with E-state index in [1.807, 2.05) is 0 Å². The number of ether oxygens (including phenoxy) is 2. The van der Waals surface area contributed by atoms with Gasteiger partial charge in [-0.3, -0.25) is 9.89 Å². The van der Waals surface area contributed by atoms with Crippen molar-refractivity contribution in [2.75, 3.05) is 6.61 Å². The molecular formula is C13H12ClN3O3S. The SMILES string of the molecule is O=C1OCCC1Sc1n[nH]c(COc2ccc(Cl)cc2)n1. The Balaban J connectivity index is 1.55. The summed E-state index contributed by atoms with van der Waals surface area (Å²) in [4.78, 5) is 15.7. The van der Waals surface area contributed by atoms with Gasteiger partial charge in [-0.2, -0.15) is 0 Å². The van der Waals surface area contributed by atoms with Gasteiger partial charge in [0.25, 0.3) is 0 Å². The molecule has 1 N–H and O–H groups in total. The van der Waals surface area contributed by atoms with Gasteiger partial charge < -0.3 is 9.47 Å². The smallest absolute Gasteiger partial charge is 0.319 e. The maximum Gasteiger partial charge on any atom is 0.319 e. The van der Waals surface area contributed by atoms with Crippen LogP contribution in [0, 0.1) is 0 Å². The summed E-state index contributed by atoms with van der Waals surface area (Å²) in [6.07, 6.45) is 0.689. The minimum atomic E-state index is -0.217. The van der Waals surface area contributed by atoms with E-state index in [4.69, 9.17) is 21.1 Å². The summed E-state index contributed by atoms with van der Waals surface area (Å²) in [5.74, 6) is 1.09. The van der Waals surface area contributed by atoms with Gasteiger partial charge in [0, 0.05) is 11.4 Å². The van der Waals surface area contributed by atoms with Crippen molar-refractivity contribution in [1.82, 2.24) is 15.2 Å². The molecule has 1 aromatic carbocycles. The molecule has 1 aliphatic rings. The Labute approximate surface area is 130 Å². The Bertz CT molecular complexity index is 632. The van der Waals surface area contributed by atoms with Gasteiger partial charge in [0.05, 0.1) is 6.61 Å². The van der Waals surface area contributed by atoms with Crippen molar-refractivity contribution in [2.24, 2.45) is 0 Å². The topological polar surface area (TPSA) is 77.1 Å². The molecule has 0 saturated carbocycles. The van der Waals surface area contributed by atoms with Crippen LogP contribution in [0.15, 0.2) is 29.4 Å². The number of carbonyl (C=O) groups excluding carboxylic acids is 1. The molecule has 0 bridgehead atoms. The highest BCUT2D eigenvalue weighted by Crippen LogP contribution is 2.26. The Morgan fingerprint density at radius 3 is 2.95 bits per heavy atom. The summed E-state index contributed by atoms with van der Waals surface area (Å²) in [6.45, 7) is 0.734. The van der Waals surface area contributed by atoms with Crippen LogP contribution in [0.2, 0.25) is 5.02 Å². The molecule has 1 saturated heterocycles. The first-order valence-corrected chi connectivity index (χ1v) is 7.59. The largest absolute Gasteiger partial charge is 0.486 e. The number of esters is 1. The van der Waals surface area contributed by atoms with E-state index in [9.17, 15) is 4.79 Å². The molecule has 1 aliphatic heterocycles. The third-order valence-corrected chi connectivity index (χ3v) is 4.19. The van der Waals surface area contributed by atoms with Crippen LogP contribution in [0.3, 0.4) is 0 Å². The molecule has 8 heteroatoms. The minimum absolute atomic E-state index is 0.205. The number of H-pyrrole nitrogens is 1. The summed E-state index contributed by atoms with van der Waals surface area (Å²) >= 11 is 7.10. The predicted molar refractivity (Wildman–Crippen MR) is 77.4 cm³/mol. The number of nitrogens with zero attached hydrogens (tertiary/aromatic N) is 2. The monoisotopic (exact) mass is 325 g/mol. The third kappa shape index (κ3) is 3.68. The highest BCUT2D eigenvalue weighted by Gasteiger charge is 2.28. The van der Waals surface area contributed by atoms with Crippen molar-refractivity contribution in [1.29, 1.82) is 0 Å². The number of nitrogens with one attached hydrogen (secondary N) is 1. The molecule has 0 aliphatic carbocycles. The number of rotatable bonds is 5. The Morgan fingerprint density at radius 1 is 1.43 bits per heavy atom. The quantitative estimate of drug-likeness (QED) is 0.851. The van der Waals surface area contributed by atoms with Crippen molar-refractivity contribution in [3.8, 4) is 5.75 Å². The predicted octanol–water partition coefficient (Wildman–Crippen LogP) is 2.44. The highest BCUT2D eigenvalue weighted by atomic mass is 35.5. The second-order valence-electron chi connectivity index (χ2n) is 4.37.